The first-order valence-corrected chi connectivity index (χ1v) is 11.4. The summed E-state index contributed by atoms with van der Waals surface area (Å²) in [6.07, 6.45) is 0. The van der Waals surface area contributed by atoms with Crippen LogP contribution in [-0.2, 0) is 6.54 Å². The number of nitrogens with one attached hydrogen (secondary N) is 1. The van der Waals surface area contributed by atoms with Gasteiger partial charge in [-0.1, -0.05) is 30.3 Å². The Hall–Kier alpha value is -3.51. The van der Waals surface area contributed by atoms with E-state index in [9.17, 15) is 13.2 Å². The molecule has 1 aliphatic rings. The van der Waals surface area contributed by atoms with Crippen LogP contribution in [0.5, 0.6) is 0 Å². The van der Waals surface area contributed by atoms with Gasteiger partial charge in [0.1, 0.15) is 17.5 Å². The van der Waals surface area contributed by atoms with Crippen molar-refractivity contribution in [1.29, 1.82) is 0 Å². The van der Waals surface area contributed by atoms with Crippen LogP contribution < -0.4 is 4.90 Å². The third kappa shape index (κ3) is 4.46. The van der Waals surface area contributed by atoms with Crippen molar-refractivity contribution in [2.75, 3.05) is 31.1 Å². The molecule has 0 atom stereocenters. The maximum atomic E-state index is 15.0. The van der Waals surface area contributed by atoms with Gasteiger partial charge in [0.25, 0.3) is 0 Å². The molecule has 0 spiro atoms. The first-order chi connectivity index (χ1) is 16.5. The maximum absolute atomic E-state index is 15.0. The lowest BCUT2D eigenvalue weighted by atomic mass is 9.96. The van der Waals surface area contributed by atoms with Crippen LogP contribution in [0, 0.1) is 24.4 Å². The van der Waals surface area contributed by atoms with E-state index in [0.717, 1.165) is 66.0 Å². The van der Waals surface area contributed by atoms with E-state index in [0.29, 0.717) is 12.1 Å². The summed E-state index contributed by atoms with van der Waals surface area (Å²) in [4.78, 5) is 8.06. The van der Waals surface area contributed by atoms with Crippen molar-refractivity contribution in [1.82, 2.24) is 9.88 Å². The second kappa shape index (κ2) is 9.39. The molecule has 2 heterocycles. The number of benzene rings is 3. The molecular weight excluding hydrogens is 435 g/mol. The zero-order valence-electron chi connectivity index (χ0n) is 19.0. The largest absolute Gasteiger partial charge is 0.369 e. The molecule has 1 fully saturated rings. The number of aryl methyl sites for hydroxylation is 1. The number of nitrogens with zero attached hydrogens (tertiary/aromatic N) is 2. The van der Waals surface area contributed by atoms with Gasteiger partial charge >= 0.3 is 0 Å². The van der Waals surface area contributed by atoms with Crippen LogP contribution in [-0.4, -0.2) is 36.1 Å². The molecule has 3 aromatic carbocycles. The van der Waals surface area contributed by atoms with Crippen LogP contribution in [0.15, 0.2) is 72.8 Å². The van der Waals surface area contributed by atoms with Crippen LogP contribution in [0.3, 0.4) is 0 Å². The number of halogens is 3. The van der Waals surface area contributed by atoms with Gasteiger partial charge in [-0.2, -0.15) is 0 Å². The van der Waals surface area contributed by atoms with Gasteiger partial charge in [-0.25, -0.2) is 13.2 Å². The van der Waals surface area contributed by atoms with Gasteiger partial charge in [0.05, 0.1) is 5.69 Å². The van der Waals surface area contributed by atoms with E-state index in [-0.39, 0.29) is 5.82 Å². The monoisotopic (exact) mass is 461 g/mol. The topological polar surface area (TPSA) is 22.3 Å². The number of H-pyrrole nitrogens is 1. The van der Waals surface area contributed by atoms with Gasteiger partial charge in [0.2, 0.25) is 0 Å². The Morgan fingerprint density at radius 3 is 2.15 bits per heavy atom. The summed E-state index contributed by atoms with van der Waals surface area (Å²) in [5.41, 5.74) is 5.96. The second-order valence-corrected chi connectivity index (χ2v) is 8.71. The Morgan fingerprint density at radius 1 is 0.794 bits per heavy atom. The van der Waals surface area contributed by atoms with Gasteiger partial charge in [-0.05, 0) is 54.4 Å². The van der Waals surface area contributed by atoms with E-state index in [1.807, 2.05) is 49.4 Å². The molecule has 0 unspecified atom stereocenters. The highest BCUT2D eigenvalue weighted by molar-refractivity contribution is 5.85. The van der Waals surface area contributed by atoms with E-state index in [4.69, 9.17) is 0 Å². The zero-order chi connectivity index (χ0) is 23.7. The summed E-state index contributed by atoms with van der Waals surface area (Å²) < 4.78 is 41.9. The fourth-order valence-electron chi connectivity index (χ4n) is 4.71. The third-order valence-electron chi connectivity index (χ3n) is 6.53. The standard InChI is InChI=1S/C28H26F3N3/c1-19-25(18-33-13-15-34(16-14-33)23-10-7-21(29)8-11-23)27(24-12-9-22(30)17-26(24)31)28(32-19)20-5-3-2-4-6-20/h2-12,17,32H,13-16,18H2,1H3. The maximum Gasteiger partial charge on any atom is 0.134 e. The number of piperazine rings is 1. The molecule has 5 rings (SSSR count). The van der Waals surface area contributed by atoms with Crippen molar-refractivity contribution in [3.8, 4) is 22.4 Å². The summed E-state index contributed by atoms with van der Waals surface area (Å²) in [5.74, 6) is -1.40. The summed E-state index contributed by atoms with van der Waals surface area (Å²) in [6.45, 7) is 5.95. The first kappa shape index (κ1) is 22.3. The lowest BCUT2D eigenvalue weighted by Gasteiger charge is -2.36. The second-order valence-electron chi connectivity index (χ2n) is 8.71. The van der Waals surface area contributed by atoms with E-state index < -0.39 is 11.6 Å². The minimum absolute atomic E-state index is 0.236. The van der Waals surface area contributed by atoms with Gasteiger partial charge in [0, 0.05) is 61.3 Å². The summed E-state index contributed by atoms with van der Waals surface area (Å²) in [6, 6.07) is 20.2. The molecule has 0 bridgehead atoms. The highest BCUT2D eigenvalue weighted by Crippen LogP contribution is 2.39. The van der Waals surface area contributed by atoms with Gasteiger partial charge < -0.3 is 9.88 Å². The molecule has 0 saturated carbocycles. The Balaban J connectivity index is 1.45. The van der Waals surface area contributed by atoms with Crippen molar-refractivity contribution >= 4 is 5.69 Å². The normalized spacial score (nSPS) is 14.5. The van der Waals surface area contributed by atoms with E-state index in [2.05, 4.69) is 14.8 Å². The van der Waals surface area contributed by atoms with Crippen LogP contribution >= 0.6 is 0 Å². The van der Waals surface area contributed by atoms with Gasteiger partial charge in [-0.15, -0.1) is 0 Å². The predicted octanol–water partition coefficient (Wildman–Crippen LogP) is 6.40. The summed E-state index contributed by atoms with van der Waals surface area (Å²) in [7, 11) is 0. The lowest BCUT2D eigenvalue weighted by Crippen LogP contribution is -2.46. The van der Waals surface area contributed by atoms with E-state index >= 15 is 0 Å². The summed E-state index contributed by atoms with van der Waals surface area (Å²) >= 11 is 0. The lowest BCUT2D eigenvalue weighted by molar-refractivity contribution is 0.250. The molecule has 1 aromatic heterocycles. The quantitative estimate of drug-likeness (QED) is 0.372. The van der Waals surface area contributed by atoms with Crippen molar-refractivity contribution in [2.24, 2.45) is 0 Å². The SMILES string of the molecule is Cc1[nH]c(-c2ccccc2)c(-c2ccc(F)cc2F)c1CN1CCN(c2ccc(F)cc2)CC1. The van der Waals surface area contributed by atoms with Crippen LogP contribution in [0.4, 0.5) is 18.9 Å². The average molecular weight is 462 g/mol. The fourth-order valence-corrected chi connectivity index (χ4v) is 4.71. The molecule has 1 saturated heterocycles. The molecule has 6 heteroatoms. The number of aromatic amines is 1. The van der Waals surface area contributed by atoms with E-state index in [1.165, 1.54) is 24.3 Å². The molecule has 1 N–H and O–H groups in total. The highest BCUT2D eigenvalue weighted by atomic mass is 19.1. The first-order valence-electron chi connectivity index (χ1n) is 11.4. The van der Waals surface area contributed by atoms with Crippen LogP contribution in [0.1, 0.15) is 11.3 Å². The number of rotatable bonds is 5. The molecule has 0 radical (unpaired) electrons. The van der Waals surface area contributed by atoms with Crippen LogP contribution in [0.25, 0.3) is 22.4 Å². The molecule has 174 valence electrons. The number of hydrogen-bond acceptors (Lipinski definition) is 2. The highest BCUT2D eigenvalue weighted by Gasteiger charge is 2.24. The number of hydrogen-bond donors (Lipinski definition) is 1. The molecule has 1 aliphatic heterocycles. The minimum atomic E-state index is -0.590. The van der Waals surface area contributed by atoms with Crippen molar-refractivity contribution in [3.63, 3.8) is 0 Å². The molecule has 0 aliphatic carbocycles. The summed E-state index contributed by atoms with van der Waals surface area (Å²) in [5, 5.41) is 0. The van der Waals surface area contributed by atoms with Crippen LogP contribution in [0.2, 0.25) is 0 Å². The van der Waals surface area contributed by atoms with Crippen molar-refractivity contribution in [2.45, 2.75) is 13.5 Å². The Bertz CT molecular complexity index is 1270. The molecule has 4 aromatic rings. The Kier molecular flexibility index (Phi) is 6.16. The predicted molar refractivity (Wildman–Crippen MR) is 130 cm³/mol. The molecule has 0 amide bonds. The zero-order valence-corrected chi connectivity index (χ0v) is 19.0. The van der Waals surface area contributed by atoms with Crippen molar-refractivity contribution < 1.29 is 13.2 Å². The Morgan fingerprint density at radius 2 is 1.47 bits per heavy atom. The molecule has 3 nitrogen and oxygen atoms in total. The third-order valence-corrected chi connectivity index (χ3v) is 6.53. The number of anilines is 1. The number of aromatic nitrogens is 1. The minimum Gasteiger partial charge on any atom is -0.369 e. The fraction of sp³-hybridized carbons (Fsp3) is 0.214. The molecule has 34 heavy (non-hydrogen) atoms. The van der Waals surface area contributed by atoms with E-state index in [1.54, 1.807) is 0 Å². The smallest absolute Gasteiger partial charge is 0.134 e. The average Bonchev–Trinajstić information content (AvgIpc) is 3.16. The Labute approximate surface area is 197 Å². The van der Waals surface area contributed by atoms with Gasteiger partial charge in [-0.3, -0.25) is 4.90 Å². The van der Waals surface area contributed by atoms with Crippen molar-refractivity contribution in [3.05, 3.63) is 102 Å². The molecular formula is C28H26F3N3. The van der Waals surface area contributed by atoms with Gasteiger partial charge in [0.15, 0.2) is 0 Å².